The lowest BCUT2D eigenvalue weighted by Gasteiger charge is -2.09. The number of hydrogen-bond donors (Lipinski definition) is 2. The van der Waals surface area contributed by atoms with Crippen LogP contribution in [0, 0.1) is 6.92 Å². The minimum Gasteiger partial charge on any atom is -0.444 e. The van der Waals surface area contributed by atoms with Gasteiger partial charge in [0.25, 0.3) is 0 Å². The molecule has 5 nitrogen and oxygen atoms in total. The largest absolute Gasteiger partial charge is 0.444 e. The molecule has 0 saturated heterocycles. The van der Waals surface area contributed by atoms with Crippen LogP contribution in [0.25, 0.3) is 11.5 Å². The molecule has 0 unspecified atom stereocenters. The van der Waals surface area contributed by atoms with Gasteiger partial charge in [0.15, 0.2) is 5.96 Å². The summed E-state index contributed by atoms with van der Waals surface area (Å²) in [5, 5.41) is 10.7. The molecule has 138 valence electrons. The van der Waals surface area contributed by atoms with Gasteiger partial charge in [-0.1, -0.05) is 17.7 Å². The van der Waals surface area contributed by atoms with Gasteiger partial charge in [-0.2, -0.15) is 11.3 Å². The molecule has 0 radical (unpaired) electrons. The third kappa shape index (κ3) is 5.84. The number of oxazole rings is 1. The second-order valence-corrected chi connectivity index (χ2v) is 6.47. The van der Waals surface area contributed by atoms with Crippen molar-refractivity contribution in [3.05, 3.63) is 64.2 Å². The first kappa shape index (κ1) is 20.4. The molecular weight excluding hydrogens is 459 g/mol. The Labute approximate surface area is 175 Å². The summed E-state index contributed by atoms with van der Waals surface area (Å²) in [5.74, 6) is 1.41. The molecule has 7 heteroatoms. The number of rotatable bonds is 6. The van der Waals surface area contributed by atoms with Gasteiger partial charge in [-0.05, 0) is 48.4 Å². The van der Waals surface area contributed by atoms with Crippen molar-refractivity contribution < 1.29 is 4.42 Å². The highest BCUT2D eigenvalue weighted by Gasteiger charge is 2.07. The highest BCUT2D eigenvalue weighted by Crippen LogP contribution is 2.19. The van der Waals surface area contributed by atoms with Crippen molar-refractivity contribution in [1.29, 1.82) is 0 Å². The van der Waals surface area contributed by atoms with Crippen molar-refractivity contribution in [3.8, 4) is 11.5 Å². The van der Waals surface area contributed by atoms with E-state index in [0.29, 0.717) is 19.0 Å². The Morgan fingerprint density at radius 3 is 2.69 bits per heavy atom. The molecule has 0 atom stereocenters. The molecule has 0 aliphatic heterocycles. The molecule has 0 aliphatic rings. The Balaban J connectivity index is 0.00000243. The minimum atomic E-state index is 0. The van der Waals surface area contributed by atoms with Crippen LogP contribution in [0.2, 0.25) is 0 Å². The monoisotopic (exact) mass is 482 g/mol. The molecule has 0 amide bonds. The quantitative estimate of drug-likeness (QED) is 0.307. The van der Waals surface area contributed by atoms with E-state index in [4.69, 9.17) is 4.42 Å². The number of nitrogens with zero attached hydrogens (tertiary/aromatic N) is 2. The van der Waals surface area contributed by atoms with Gasteiger partial charge in [0, 0.05) is 12.1 Å². The molecule has 2 N–H and O–H groups in total. The van der Waals surface area contributed by atoms with Gasteiger partial charge in [0.1, 0.15) is 6.26 Å². The summed E-state index contributed by atoms with van der Waals surface area (Å²) in [6.45, 7) is 6.14. The third-order valence-corrected chi connectivity index (χ3v) is 4.36. The van der Waals surface area contributed by atoms with Gasteiger partial charge in [0.05, 0.1) is 18.8 Å². The summed E-state index contributed by atoms with van der Waals surface area (Å²) in [6.07, 6.45) is 1.69. The van der Waals surface area contributed by atoms with Crippen molar-refractivity contribution >= 4 is 41.3 Å². The minimum absolute atomic E-state index is 0. The molecular formula is C19H23IN4OS. The predicted molar refractivity (Wildman–Crippen MR) is 118 cm³/mol. The van der Waals surface area contributed by atoms with E-state index in [1.807, 2.05) is 19.1 Å². The average Bonchev–Trinajstić information content (AvgIpc) is 3.30. The molecule has 0 aliphatic carbocycles. The Hall–Kier alpha value is -1.87. The molecule has 2 aromatic heterocycles. The molecule has 26 heavy (non-hydrogen) atoms. The Bertz CT molecular complexity index is 812. The Morgan fingerprint density at radius 2 is 2.00 bits per heavy atom. The standard InChI is InChI=1S/C19H22N4OS.HI/c1-3-20-19(21-10-15-8-9-25-13-15)22-11-17-12-24-18(23-17)16-6-4-14(2)5-7-16;/h4-9,12-13H,3,10-11H2,1-2H3,(H2,20,21,22);1H. The molecule has 0 fully saturated rings. The summed E-state index contributed by atoms with van der Waals surface area (Å²) in [4.78, 5) is 9.13. The van der Waals surface area contributed by atoms with Crippen LogP contribution in [0.4, 0.5) is 0 Å². The first-order valence-corrected chi connectivity index (χ1v) is 9.23. The number of aromatic nitrogens is 1. The molecule has 0 spiro atoms. The molecule has 3 rings (SSSR count). The van der Waals surface area contributed by atoms with E-state index in [1.54, 1.807) is 17.6 Å². The number of aryl methyl sites for hydroxylation is 1. The first-order valence-electron chi connectivity index (χ1n) is 8.29. The predicted octanol–water partition coefficient (Wildman–Crippen LogP) is 4.58. The van der Waals surface area contributed by atoms with Crippen LogP contribution in [0.5, 0.6) is 0 Å². The lowest BCUT2D eigenvalue weighted by molar-refractivity contribution is 0.572. The van der Waals surface area contributed by atoms with Gasteiger partial charge in [-0.3, -0.25) is 0 Å². The van der Waals surface area contributed by atoms with Crippen LogP contribution in [-0.4, -0.2) is 17.5 Å². The van der Waals surface area contributed by atoms with Crippen LogP contribution >= 0.6 is 35.3 Å². The maximum atomic E-state index is 5.59. The van der Waals surface area contributed by atoms with Gasteiger partial charge >= 0.3 is 0 Å². The second kappa shape index (κ2) is 10.3. The SMILES string of the molecule is CCNC(=NCc1ccsc1)NCc1coc(-c2ccc(C)cc2)n1.I. The number of halogens is 1. The molecule has 0 saturated carbocycles. The van der Waals surface area contributed by atoms with E-state index in [0.717, 1.165) is 23.8 Å². The average molecular weight is 482 g/mol. The van der Waals surface area contributed by atoms with Crippen molar-refractivity contribution in [2.45, 2.75) is 26.9 Å². The van der Waals surface area contributed by atoms with Crippen molar-refractivity contribution in [2.75, 3.05) is 6.54 Å². The highest BCUT2D eigenvalue weighted by molar-refractivity contribution is 14.0. The molecule has 1 aromatic carbocycles. The topological polar surface area (TPSA) is 62.5 Å². The van der Waals surface area contributed by atoms with E-state index in [-0.39, 0.29) is 24.0 Å². The van der Waals surface area contributed by atoms with E-state index in [1.165, 1.54) is 11.1 Å². The third-order valence-electron chi connectivity index (χ3n) is 3.63. The smallest absolute Gasteiger partial charge is 0.226 e. The number of thiophene rings is 1. The lowest BCUT2D eigenvalue weighted by atomic mass is 10.1. The molecule has 2 heterocycles. The van der Waals surface area contributed by atoms with Crippen molar-refractivity contribution in [1.82, 2.24) is 15.6 Å². The van der Waals surface area contributed by atoms with Gasteiger partial charge in [0.2, 0.25) is 5.89 Å². The van der Waals surface area contributed by atoms with E-state index < -0.39 is 0 Å². The summed E-state index contributed by atoms with van der Waals surface area (Å²) in [6, 6.07) is 10.2. The second-order valence-electron chi connectivity index (χ2n) is 5.69. The summed E-state index contributed by atoms with van der Waals surface area (Å²) < 4.78 is 5.59. The fraction of sp³-hybridized carbons (Fsp3) is 0.263. The lowest BCUT2D eigenvalue weighted by Crippen LogP contribution is -2.36. The number of nitrogens with one attached hydrogen (secondary N) is 2. The zero-order valence-electron chi connectivity index (χ0n) is 14.9. The van der Waals surface area contributed by atoms with Crippen LogP contribution in [0.3, 0.4) is 0 Å². The Morgan fingerprint density at radius 1 is 1.19 bits per heavy atom. The van der Waals surface area contributed by atoms with Crippen LogP contribution in [0.15, 0.2) is 56.8 Å². The fourth-order valence-corrected chi connectivity index (χ4v) is 2.95. The van der Waals surface area contributed by atoms with Crippen molar-refractivity contribution in [2.24, 2.45) is 4.99 Å². The zero-order valence-corrected chi connectivity index (χ0v) is 18.0. The summed E-state index contributed by atoms with van der Waals surface area (Å²) >= 11 is 1.68. The van der Waals surface area contributed by atoms with Crippen LogP contribution < -0.4 is 10.6 Å². The highest BCUT2D eigenvalue weighted by atomic mass is 127. The Kier molecular flexibility index (Phi) is 8.11. The normalized spacial score (nSPS) is 11.1. The van der Waals surface area contributed by atoms with Crippen LogP contribution in [0.1, 0.15) is 23.7 Å². The maximum absolute atomic E-state index is 5.59. The van der Waals surface area contributed by atoms with E-state index in [2.05, 4.69) is 56.5 Å². The van der Waals surface area contributed by atoms with Gasteiger partial charge in [-0.25, -0.2) is 9.98 Å². The maximum Gasteiger partial charge on any atom is 0.226 e. The summed E-state index contributed by atoms with van der Waals surface area (Å²) in [5.41, 5.74) is 4.26. The summed E-state index contributed by atoms with van der Waals surface area (Å²) in [7, 11) is 0. The van der Waals surface area contributed by atoms with Crippen molar-refractivity contribution in [3.63, 3.8) is 0 Å². The van der Waals surface area contributed by atoms with Crippen LogP contribution in [-0.2, 0) is 13.1 Å². The van der Waals surface area contributed by atoms with Gasteiger partial charge in [-0.15, -0.1) is 24.0 Å². The number of aliphatic imine (C=N–C) groups is 1. The molecule has 0 bridgehead atoms. The zero-order chi connectivity index (χ0) is 17.5. The number of benzene rings is 1. The fourth-order valence-electron chi connectivity index (χ4n) is 2.29. The first-order chi connectivity index (χ1) is 12.2. The number of hydrogen-bond acceptors (Lipinski definition) is 4. The number of guanidine groups is 1. The molecule has 3 aromatic rings. The van der Waals surface area contributed by atoms with E-state index in [9.17, 15) is 0 Å². The van der Waals surface area contributed by atoms with E-state index >= 15 is 0 Å². The van der Waals surface area contributed by atoms with Gasteiger partial charge < -0.3 is 15.1 Å².